The number of aromatic nitrogens is 1. The van der Waals surface area contributed by atoms with Gasteiger partial charge in [0.05, 0.1) is 0 Å². The lowest BCUT2D eigenvalue weighted by Gasteiger charge is -2.45. The topological polar surface area (TPSA) is 40.2 Å². The normalized spacial score (nSPS) is 29.2. The Kier molecular flexibility index (Phi) is 3.87. The van der Waals surface area contributed by atoms with Gasteiger partial charge in [0, 0.05) is 37.1 Å². The van der Waals surface area contributed by atoms with Gasteiger partial charge in [-0.1, -0.05) is 6.92 Å². The van der Waals surface area contributed by atoms with Gasteiger partial charge in [0.1, 0.15) is 5.82 Å². The summed E-state index contributed by atoms with van der Waals surface area (Å²) in [6.07, 6.45) is 5.72. The minimum Gasteiger partial charge on any atom is -0.381 e. The molecule has 19 heavy (non-hydrogen) atoms. The van der Waals surface area contributed by atoms with Crippen LogP contribution in [-0.2, 0) is 0 Å². The van der Waals surface area contributed by atoms with E-state index in [0.717, 1.165) is 24.7 Å². The summed E-state index contributed by atoms with van der Waals surface area (Å²) in [6, 6.07) is 4.83. The van der Waals surface area contributed by atoms with Gasteiger partial charge in [-0.05, 0) is 44.3 Å². The van der Waals surface area contributed by atoms with Crippen LogP contribution < -0.4 is 10.6 Å². The van der Waals surface area contributed by atoms with Gasteiger partial charge in [-0.3, -0.25) is 0 Å². The average Bonchev–Trinajstić information content (AvgIpc) is 2.47. The first kappa shape index (κ1) is 12.7. The van der Waals surface area contributed by atoms with Gasteiger partial charge in [0.25, 0.3) is 0 Å². The molecule has 4 rings (SSSR count). The molecule has 0 spiro atoms. The molecule has 4 nitrogen and oxygen atoms in total. The SMILES string of the molecule is CCCNc1cc(NC2CN3CCC2CC3)ccn1. The third-order valence-corrected chi connectivity index (χ3v) is 4.32. The summed E-state index contributed by atoms with van der Waals surface area (Å²) in [4.78, 5) is 6.93. The molecule has 3 aliphatic heterocycles. The molecular weight excluding hydrogens is 236 g/mol. The van der Waals surface area contributed by atoms with Crippen LogP contribution in [0.25, 0.3) is 0 Å². The summed E-state index contributed by atoms with van der Waals surface area (Å²) in [6.45, 7) is 6.94. The number of anilines is 2. The molecule has 2 bridgehead atoms. The van der Waals surface area contributed by atoms with Crippen molar-refractivity contribution in [1.82, 2.24) is 9.88 Å². The Morgan fingerprint density at radius 2 is 2.21 bits per heavy atom. The van der Waals surface area contributed by atoms with Gasteiger partial charge in [-0.2, -0.15) is 0 Å². The van der Waals surface area contributed by atoms with Crippen LogP contribution in [-0.4, -0.2) is 42.1 Å². The maximum Gasteiger partial charge on any atom is 0.127 e. The number of hydrogen-bond donors (Lipinski definition) is 2. The van der Waals surface area contributed by atoms with E-state index >= 15 is 0 Å². The number of rotatable bonds is 5. The fourth-order valence-electron chi connectivity index (χ4n) is 3.21. The molecule has 0 aromatic carbocycles. The monoisotopic (exact) mass is 260 g/mol. The summed E-state index contributed by atoms with van der Waals surface area (Å²) in [5, 5.41) is 7.05. The van der Waals surface area contributed by atoms with Crippen LogP contribution in [0.5, 0.6) is 0 Å². The standard InChI is InChI=1S/C15H24N4/c1-2-6-16-15-10-13(3-7-17-15)18-14-11-19-8-4-12(14)5-9-19/h3,7,10,12,14H,2,4-6,8-9,11H2,1H3,(H2,16,17,18). The van der Waals surface area contributed by atoms with Gasteiger partial charge in [-0.15, -0.1) is 0 Å². The predicted octanol–water partition coefficient (Wildman–Crippen LogP) is 2.41. The maximum atomic E-state index is 4.36. The lowest BCUT2D eigenvalue weighted by molar-refractivity contribution is 0.0975. The molecule has 3 aliphatic rings. The van der Waals surface area contributed by atoms with Gasteiger partial charge < -0.3 is 15.5 Å². The van der Waals surface area contributed by atoms with E-state index in [9.17, 15) is 0 Å². The van der Waals surface area contributed by atoms with Crippen molar-refractivity contribution in [2.75, 3.05) is 36.8 Å². The van der Waals surface area contributed by atoms with E-state index in [-0.39, 0.29) is 0 Å². The minimum absolute atomic E-state index is 0.615. The van der Waals surface area contributed by atoms with E-state index in [0.29, 0.717) is 6.04 Å². The Hall–Kier alpha value is -1.29. The van der Waals surface area contributed by atoms with Gasteiger partial charge in [0.2, 0.25) is 0 Å². The van der Waals surface area contributed by atoms with Crippen LogP contribution in [0, 0.1) is 5.92 Å². The first-order chi connectivity index (χ1) is 9.35. The van der Waals surface area contributed by atoms with Crippen molar-refractivity contribution in [1.29, 1.82) is 0 Å². The zero-order valence-corrected chi connectivity index (χ0v) is 11.7. The van der Waals surface area contributed by atoms with Crippen LogP contribution in [0.15, 0.2) is 18.3 Å². The van der Waals surface area contributed by atoms with Crippen molar-refractivity contribution in [2.24, 2.45) is 5.92 Å². The summed E-state index contributed by atoms with van der Waals surface area (Å²) >= 11 is 0. The zero-order chi connectivity index (χ0) is 13.1. The molecule has 1 unspecified atom stereocenters. The van der Waals surface area contributed by atoms with Crippen molar-refractivity contribution in [2.45, 2.75) is 32.2 Å². The summed E-state index contributed by atoms with van der Waals surface area (Å²) in [5.41, 5.74) is 1.20. The molecule has 3 fully saturated rings. The summed E-state index contributed by atoms with van der Waals surface area (Å²) in [5.74, 6) is 1.83. The molecule has 2 N–H and O–H groups in total. The molecule has 104 valence electrons. The minimum atomic E-state index is 0.615. The number of piperidine rings is 3. The van der Waals surface area contributed by atoms with Crippen LogP contribution in [0.4, 0.5) is 11.5 Å². The van der Waals surface area contributed by atoms with Gasteiger partial charge in [0.15, 0.2) is 0 Å². The molecule has 3 saturated heterocycles. The van der Waals surface area contributed by atoms with Crippen LogP contribution in [0.2, 0.25) is 0 Å². The van der Waals surface area contributed by atoms with Crippen LogP contribution >= 0.6 is 0 Å². The Morgan fingerprint density at radius 1 is 1.37 bits per heavy atom. The lowest BCUT2D eigenvalue weighted by Crippen LogP contribution is -2.53. The Bertz CT molecular complexity index is 412. The maximum absolute atomic E-state index is 4.36. The number of fused-ring (bicyclic) bond motifs is 3. The number of hydrogen-bond acceptors (Lipinski definition) is 4. The highest BCUT2D eigenvalue weighted by molar-refractivity contribution is 5.52. The van der Waals surface area contributed by atoms with E-state index in [4.69, 9.17) is 0 Å². The second-order valence-electron chi connectivity index (χ2n) is 5.75. The first-order valence-electron chi connectivity index (χ1n) is 7.54. The van der Waals surface area contributed by atoms with Crippen molar-refractivity contribution in [3.63, 3.8) is 0 Å². The Labute approximate surface area is 115 Å². The second-order valence-corrected chi connectivity index (χ2v) is 5.75. The number of nitrogens with one attached hydrogen (secondary N) is 2. The molecule has 4 heteroatoms. The molecule has 0 amide bonds. The lowest BCUT2D eigenvalue weighted by atomic mass is 9.84. The second kappa shape index (κ2) is 5.78. The average molecular weight is 260 g/mol. The van der Waals surface area contributed by atoms with Crippen molar-refractivity contribution >= 4 is 11.5 Å². The number of nitrogens with zero attached hydrogens (tertiary/aromatic N) is 2. The smallest absolute Gasteiger partial charge is 0.127 e. The van der Waals surface area contributed by atoms with E-state index in [2.05, 4.69) is 39.6 Å². The molecule has 1 atom stereocenters. The number of pyridine rings is 1. The predicted molar refractivity (Wildman–Crippen MR) is 79.6 cm³/mol. The van der Waals surface area contributed by atoms with E-state index in [1.165, 1.54) is 38.2 Å². The largest absolute Gasteiger partial charge is 0.381 e. The zero-order valence-electron chi connectivity index (χ0n) is 11.7. The Morgan fingerprint density at radius 3 is 2.89 bits per heavy atom. The molecule has 0 saturated carbocycles. The molecule has 1 aromatic heterocycles. The van der Waals surface area contributed by atoms with E-state index < -0.39 is 0 Å². The fraction of sp³-hybridized carbons (Fsp3) is 0.667. The van der Waals surface area contributed by atoms with Gasteiger partial charge >= 0.3 is 0 Å². The first-order valence-corrected chi connectivity index (χ1v) is 7.54. The molecule has 0 radical (unpaired) electrons. The molecule has 4 heterocycles. The van der Waals surface area contributed by atoms with Crippen molar-refractivity contribution < 1.29 is 0 Å². The fourth-order valence-corrected chi connectivity index (χ4v) is 3.21. The quantitative estimate of drug-likeness (QED) is 0.853. The highest BCUT2D eigenvalue weighted by Crippen LogP contribution is 2.29. The molecule has 1 aromatic rings. The van der Waals surface area contributed by atoms with Crippen molar-refractivity contribution in [3.05, 3.63) is 18.3 Å². The van der Waals surface area contributed by atoms with Crippen LogP contribution in [0.1, 0.15) is 26.2 Å². The third-order valence-electron chi connectivity index (χ3n) is 4.32. The van der Waals surface area contributed by atoms with Crippen LogP contribution in [0.3, 0.4) is 0 Å². The third kappa shape index (κ3) is 3.00. The summed E-state index contributed by atoms with van der Waals surface area (Å²) in [7, 11) is 0. The highest BCUT2D eigenvalue weighted by Gasteiger charge is 2.33. The highest BCUT2D eigenvalue weighted by atomic mass is 15.2. The van der Waals surface area contributed by atoms with E-state index in [1.54, 1.807) is 0 Å². The van der Waals surface area contributed by atoms with E-state index in [1.807, 2.05) is 6.20 Å². The van der Waals surface area contributed by atoms with Gasteiger partial charge in [-0.25, -0.2) is 4.98 Å². The molecular formula is C15H24N4. The summed E-state index contributed by atoms with van der Waals surface area (Å²) < 4.78 is 0. The molecule has 0 aliphatic carbocycles. The Balaban J connectivity index is 1.63. The van der Waals surface area contributed by atoms with Crippen molar-refractivity contribution in [3.8, 4) is 0 Å².